The van der Waals surface area contributed by atoms with Gasteiger partial charge in [-0.15, -0.1) is 0 Å². The van der Waals surface area contributed by atoms with Gasteiger partial charge in [0.15, 0.2) is 0 Å². The first-order chi connectivity index (χ1) is 3.81. The number of hydrogen-bond donors (Lipinski definition) is 1. The molecular weight excluding hydrogens is 138 g/mol. The van der Waals surface area contributed by atoms with E-state index in [4.69, 9.17) is 4.12 Å². The number of nitrogens with one attached hydrogen (secondary N) is 1. The number of amides is 1. The molecule has 8 heavy (non-hydrogen) atoms. The van der Waals surface area contributed by atoms with Crippen LogP contribution in [0.15, 0.2) is 0 Å². The molecule has 0 aliphatic carbocycles. The largest absolute Gasteiger partial charge is 0.461 e. The van der Waals surface area contributed by atoms with E-state index >= 15 is 0 Å². The highest BCUT2D eigenvalue weighted by atomic mass is 28.3. The van der Waals surface area contributed by atoms with Crippen molar-refractivity contribution in [3.8, 4) is 0 Å². The molecule has 0 bridgehead atoms. The number of carbonyl (C=O) groups is 1. The quantitative estimate of drug-likeness (QED) is 0.476. The maximum absolute atomic E-state index is 10.5. The highest BCUT2D eigenvalue weighted by Crippen LogP contribution is 1.65. The lowest BCUT2D eigenvalue weighted by atomic mass is 10.8. The standard InChI is InChI=1S/C3H11NO2Si2/c1-2-4-3(5)8-6-7/h2,8H2,1,7H3,(H,4,5). The predicted molar refractivity (Wildman–Crippen MR) is 38.6 cm³/mol. The molecule has 0 unspecified atom stereocenters. The molecule has 0 saturated carbocycles. The first kappa shape index (κ1) is 7.86. The van der Waals surface area contributed by atoms with Crippen molar-refractivity contribution >= 4 is 25.8 Å². The van der Waals surface area contributed by atoms with Crippen molar-refractivity contribution in [2.75, 3.05) is 6.54 Å². The molecule has 48 valence electrons. The van der Waals surface area contributed by atoms with Crippen LogP contribution >= 0.6 is 0 Å². The zero-order valence-corrected chi connectivity index (χ0v) is 8.64. The number of hydrogen-bond acceptors (Lipinski definition) is 2. The fraction of sp³-hybridized carbons (Fsp3) is 0.667. The smallest absolute Gasteiger partial charge is 0.250 e. The van der Waals surface area contributed by atoms with Gasteiger partial charge < -0.3 is 9.43 Å². The minimum absolute atomic E-state index is 0.113. The highest BCUT2D eigenvalue weighted by Gasteiger charge is 1.94. The van der Waals surface area contributed by atoms with Crippen molar-refractivity contribution in [3.05, 3.63) is 0 Å². The molecule has 1 N–H and O–H groups in total. The van der Waals surface area contributed by atoms with E-state index in [1.165, 1.54) is 0 Å². The van der Waals surface area contributed by atoms with Crippen LogP contribution in [-0.2, 0) is 4.12 Å². The molecule has 0 aliphatic rings. The molecule has 0 rings (SSSR count). The Morgan fingerprint density at radius 3 is 3.00 bits per heavy atom. The normalized spacial score (nSPS) is 10.6. The maximum Gasteiger partial charge on any atom is 0.250 e. The fourth-order valence-corrected chi connectivity index (χ4v) is 1.78. The van der Waals surface area contributed by atoms with Gasteiger partial charge in [0.1, 0.15) is 10.5 Å². The molecule has 0 fully saturated rings. The lowest BCUT2D eigenvalue weighted by molar-refractivity contribution is 0.257. The van der Waals surface area contributed by atoms with Crippen molar-refractivity contribution in [1.29, 1.82) is 0 Å². The van der Waals surface area contributed by atoms with Crippen LogP contribution in [0.3, 0.4) is 0 Å². The van der Waals surface area contributed by atoms with Crippen molar-refractivity contribution in [1.82, 2.24) is 5.32 Å². The summed E-state index contributed by atoms with van der Waals surface area (Å²) >= 11 is 0. The second kappa shape index (κ2) is 5.01. The third kappa shape index (κ3) is 4.03. The Balaban J connectivity index is 3.06. The van der Waals surface area contributed by atoms with E-state index in [1.807, 2.05) is 6.92 Å². The molecule has 0 aromatic rings. The van der Waals surface area contributed by atoms with Gasteiger partial charge in [-0.3, -0.25) is 4.79 Å². The summed E-state index contributed by atoms with van der Waals surface area (Å²) in [6, 6.07) is 0. The summed E-state index contributed by atoms with van der Waals surface area (Å²) in [6.45, 7) is 2.62. The van der Waals surface area contributed by atoms with Gasteiger partial charge in [-0.2, -0.15) is 0 Å². The molecule has 0 aromatic heterocycles. The van der Waals surface area contributed by atoms with Crippen LogP contribution in [-0.4, -0.2) is 32.3 Å². The Bertz CT molecular complexity index is 69.7. The summed E-state index contributed by atoms with van der Waals surface area (Å²) in [4.78, 5) is 10.5. The zero-order valence-electron chi connectivity index (χ0n) is 5.23. The predicted octanol–water partition coefficient (Wildman–Crippen LogP) is -1.90. The summed E-state index contributed by atoms with van der Waals surface area (Å²) in [6.07, 6.45) is 0. The van der Waals surface area contributed by atoms with E-state index in [0.717, 1.165) is 6.54 Å². The van der Waals surface area contributed by atoms with E-state index < -0.39 is 9.76 Å². The molecule has 0 atom stereocenters. The van der Waals surface area contributed by atoms with Gasteiger partial charge in [-0.1, -0.05) is 0 Å². The molecule has 1 amide bonds. The summed E-state index contributed by atoms with van der Waals surface area (Å²) in [7, 11) is -0.158. The van der Waals surface area contributed by atoms with Crippen LogP contribution in [0.4, 0.5) is 4.79 Å². The van der Waals surface area contributed by atoms with Gasteiger partial charge in [0.25, 0.3) is 0 Å². The molecule has 0 aliphatic heterocycles. The van der Waals surface area contributed by atoms with Gasteiger partial charge in [0.05, 0.1) is 0 Å². The van der Waals surface area contributed by atoms with Crippen LogP contribution < -0.4 is 5.32 Å². The molecule has 0 heterocycles. The Labute approximate surface area is 54.3 Å². The first-order valence-electron chi connectivity index (χ1n) is 2.57. The van der Waals surface area contributed by atoms with E-state index in [-0.39, 0.29) is 5.53 Å². The first-order valence-corrected chi connectivity index (χ1v) is 4.67. The Kier molecular flexibility index (Phi) is 4.92. The van der Waals surface area contributed by atoms with E-state index in [9.17, 15) is 4.79 Å². The summed E-state index contributed by atoms with van der Waals surface area (Å²) in [5.74, 6) is 0. The third-order valence-corrected chi connectivity index (χ3v) is 2.32. The van der Waals surface area contributed by atoms with Crippen LogP contribution in [0.25, 0.3) is 0 Å². The topological polar surface area (TPSA) is 38.3 Å². The van der Waals surface area contributed by atoms with Crippen molar-refractivity contribution in [2.24, 2.45) is 0 Å². The van der Waals surface area contributed by atoms with Crippen LogP contribution in [0.5, 0.6) is 0 Å². The summed E-state index contributed by atoms with van der Waals surface area (Å²) in [5, 5.41) is 2.67. The molecular formula is C3H11NO2Si2. The Morgan fingerprint density at radius 1 is 2.00 bits per heavy atom. The highest BCUT2D eigenvalue weighted by molar-refractivity contribution is 6.70. The molecule has 5 heteroatoms. The van der Waals surface area contributed by atoms with Crippen LogP contribution in [0.1, 0.15) is 6.92 Å². The number of rotatable bonds is 3. The van der Waals surface area contributed by atoms with Gasteiger partial charge >= 0.3 is 0 Å². The molecule has 0 aromatic carbocycles. The van der Waals surface area contributed by atoms with Crippen molar-refractivity contribution < 1.29 is 8.91 Å². The van der Waals surface area contributed by atoms with E-state index in [1.54, 1.807) is 0 Å². The molecule has 0 saturated heterocycles. The zero-order chi connectivity index (χ0) is 6.41. The SMILES string of the molecule is CCNC(=O)[SiH2]O[SiH3]. The Morgan fingerprint density at radius 2 is 2.62 bits per heavy atom. The fourth-order valence-electron chi connectivity index (χ4n) is 0.379. The summed E-state index contributed by atoms with van der Waals surface area (Å²) < 4.78 is 4.82. The lowest BCUT2D eigenvalue weighted by Crippen LogP contribution is -2.27. The summed E-state index contributed by atoms with van der Waals surface area (Å²) in [5.41, 5.74) is 0.113. The second-order valence-electron chi connectivity index (χ2n) is 1.39. The van der Waals surface area contributed by atoms with Gasteiger partial charge in [-0.25, -0.2) is 0 Å². The lowest BCUT2D eigenvalue weighted by Gasteiger charge is -1.97. The van der Waals surface area contributed by atoms with Gasteiger partial charge in [-0.05, 0) is 6.92 Å². The number of carbonyl (C=O) groups excluding carboxylic acids is 1. The minimum Gasteiger partial charge on any atom is -0.461 e. The van der Waals surface area contributed by atoms with E-state index in [0.29, 0.717) is 10.5 Å². The molecule has 0 spiro atoms. The van der Waals surface area contributed by atoms with E-state index in [2.05, 4.69) is 5.32 Å². The minimum atomic E-state index is -0.853. The third-order valence-electron chi connectivity index (χ3n) is 0.649. The molecule has 3 nitrogen and oxygen atoms in total. The molecule has 0 radical (unpaired) electrons. The van der Waals surface area contributed by atoms with Crippen LogP contribution in [0.2, 0.25) is 0 Å². The maximum atomic E-state index is 10.5. The van der Waals surface area contributed by atoms with Crippen molar-refractivity contribution in [2.45, 2.75) is 6.92 Å². The van der Waals surface area contributed by atoms with Crippen molar-refractivity contribution in [3.63, 3.8) is 0 Å². The monoisotopic (exact) mass is 149 g/mol. The average Bonchev–Trinajstić information content (AvgIpc) is 1.68. The Hall–Kier alpha value is -0.136. The average molecular weight is 149 g/mol. The van der Waals surface area contributed by atoms with Gasteiger partial charge in [0.2, 0.25) is 15.3 Å². The van der Waals surface area contributed by atoms with Crippen LogP contribution in [0, 0.1) is 0 Å². The second-order valence-corrected chi connectivity index (χ2v) is 4.63. The van der Waals surface area contributed by atoms with Gasteiger partial charge in [0, 0.05) is 6.54 Å².